The molecule has 0 radical (unpaired) electrons. The zero-order valence-electron chi connectivity index (χ0n) is 9.98. The largest absolute Gasteiger partial charge is 0.461 e. The summed E-state index contributed by atoms with van der Waals surface area (Å²) >= 11 is 1.41. The van der Waals surface area contributed by atoms with Crippen LogP contribution >= 0.6 is 11.8 Å². The Balaban J connectivity index is 1.69. The van der Waals surface area contributed by atoms with Crippen molar-refractivity contribution in [1.29, 1.82) is 0 Å². The van der Waals surface area contributed by atoms with Gasteiger partial charge in [-0.15, -0.1) is 10.2 Å². The molecule has 3 heterocycles. The highest BCUT2D eigenvalue weighted by Gasteiger charge is 2.13. The average molecular weight is 278 g/mol. The number of anilines is 1. The van der Waals surface area contributed by atoms with E-state index in [0.717, 1.165) is 0 Å². The maximum atomic E-state index is 5.59. The zero-order chi connectivity index (χ0) is 13.2. The fourth-order valence-corrected chi connectivity index (χ4v) is 2.15. The van der Waals surface area contributed by atoms with Gasteiger partial charge in [0.2, 0.25) is 17.7 Å². The van der Waals surface area contributed by atoms with E-state index >= 15 is 0 Å². The summed E-state index contributed by atoms with van der Waals surface area (Å²) < 4.78 is 12.0. The number of nitrogens with two attached hydrogens (primary N) is 1. The number of thioether (sulfide) groups is 1. The molecule has 0 unspecified atom stereocenters. The number of nitrogen functional groups attached to an aromatic ring is 1. The summed E-state index contributed by atoms with van der Waals surface area (Å²) in [6.07, 6.45) is 1.56. The molecule has 0 atom stereocenters. The van der Waals surface area contributed by atoms with E-state index in [9.17, 15) is 0 Å². The van der Waals surface area contributed by atoms with E-state index in [2.05, 4.69) is 20.3 Å². The van der Waals surface area contributed by atoms with Crippen molar-refractivity contribution >= 4 is 17.7 Å². The Kier molecular flexibility index (Phi) is 2.95. The predicted molar refractivity (Wildman–Crippen MR) is 67.0 cm³/mol. The van der Waals surface area contributed by atoms with E-state index in [4.69, 9.17) is 14.7 Å². The van der Waals surface area contributed by atoms with Crippen LogP contribution in [0.4, 0.5) is 5.95 Å². The second-order valence-electron chi connectivity index (χ2n) is 3.68. The van der Waals surface area contributed by atoms with Crippen molar-refractivity contribution in [3.63, 3.8) is 0 Å². The first-order chi connectivity index (χ1) is 9.24. The SMILES string of the molecule is Cn1c(N)nnc1SCc1nc(-c2ccco2)no1. The summed E-state index contributed by atoms with van der Waals surface area (Å²) in [4.78, 5) is 4.22. The average Bonchev–Trinajstić information content (AvgIpc) is 3.11. The van der Waals surface area contributed by atoms with Gasteiger partial charge in [0.25, 0.3) is 0 Å². The van der Waals surface area contributed by atoms with Crippen LogP contribution in [-0.2, 0) is 12.8 Å². The molecule has 8 nitrogen and oxygen atoms in total. The fraction of sp³-hybridized carbons (Fsp3) is 0.200. The van der Waals surface area contributed by atoms with Gasteiger partial charge in [-0.1, -0.05) is 16.9 Å². The monoisotopic (exact) mass is 278 g/mol. The first-order valence-corrected chi connectivity index (χ1v) is 6.36. The van der Waals surface area contributed by atoms with Gasteiger partial charge in [0, 0.05) is 7.05 Å². The van der Waals surface area contributed by atoms with E-state index in [1.807, 2.05) is 0 Å². The highest BCUT2D eigenvalue weighted by atomic mass is 32.2. The molecule has 98 valence electrons. The Morgan fingerprint density at radius 1 is 1.42 bits per heavy atom. The lowest BCUT2D eigenvalue weighted by Crippen LogP contribution is -1.98. The van der Waals surface area contributed by atoms with Gasteiger partial charge in [-0.05, 0) is 12.1 Å². The highest BCUT2D eigenvalue weighted by molar-refractivity contribution is 7.98. The summed E-state index contributed by atoms with van der Waals surface area (Å²) in [5.41, 5.74) is 5.59. The van der Waals surface area contributed by atoms with Gasteiger partial charge in [-0.3, -0.25) is 4.57 Å². The standard InChI is InChI=1S/C10H10N6O2S/c1-16-9(11)13-14-10(16)19-5-7-12-8(15-18-7)6-3-2-4-17-6/h2-4H,5H2,1H3,(H2,11,13). The molecule has 3 aromatic rings. The van der Waals surface area contributed by atoms with Crippen molar-refractivity contribution in [3.05, 3.63) is 24.3 Å². The molecule has 0 saturated carbocycles. The first kappa shape index (κ1) is 11.8. The Labute approximate surface area is 112 Å². The molecule has 3 rings (SSSR count). The Bertz CT molecular complexity index is 674. The van der Waals surface area contributed by atoms with Crippen molar-refractivity contribution < 1.29 is 8.94 Å². The number of rotatable bonds is 4. The van der Waals surface area contributed by atoms with Gasteiger partial charge in [0.05, 0.1) is 12.0 Å². The number of aromatic nitrogens is 5. The molecule has 0 fully saturated rings. The topological polar surface area (TPSA) is 109 Å². The zero-order valence-corrected chi connectivity index (χ0v) is 10.8. The van der Waals surface area contributed by atoms with E-state index < -0.39 is 0 Å². The lowest BCUT2D eigenvalue weighted by Gasteiger charge is -1.97. The molecule has 3 aromatic heterocycles. The molecule has 0 aliphatic rings. The summed E-state index contributed by atoms with van der Waals surface area (Å²) in [7, 11) is 1.79. The van der Waals surface area contributed by atoms with Crippen molar-refractivity contribution in [2.45, 2.75) is 10.9 Å². The predicted octanol–water partition coefficient (Wildman–Crippen LogP) is 1.33. The van der Waals surface area contributed by atoms with Crippen LogP contribution in [-0.4, -0.2) is 24.9 Å². The van der Waals surface area contributed by atoms with Gasteiger partial charge in [-0.2, -0.15) is 4.98 Å². The summed E-state index contributed by atoms with van der Waals surface area (Å²) in [5, 5.41) is 12.2. The first-order valence-electron chi connectivity index (χ1n) is 5.38. The molecular formula is C10H10N6O2S. The Morgan fingerprint density at radius 2 is 2.32 bits per heavy atom. The number of furan rings is 1. The Hall–Kier alpha value is -2.29. The molecule has 0 saturated heterocycles. The van der Waals surface area contributed by atoms with E-state index in [0.29, 0.717) is 34.3 Å². The normalized spacial score (nSPS) is 11.0. The van der Waals surface area contributed by atoms with Crippen molar-refractivity contribution in [2.75, 3.05) is 5.73 Å². The molecular weight excluding hydrogens is 268 g/mol. The quantitative estimate of drug-likeness (QED) is 0.712. The van der Waals surface area contributed by atoms with Crippen LogP contribution in [0.25, 0.3) is 11.6 Å². The van der Waals surface area contributed by atoms with Crippen molar-refractivity contribution in [1.82, 2.24) is 24.9 Å². The van der Waals surface area contributed by atoms with Crippen LogP contribution in [0.3, 0.4) is 0 Å². The molecule has 0 spiro atoms. The molecule has 19 heavy (non-hydrogen) atoms. The summed E-state index contributed by atoms with van der Waals surface area (Å²) in [5.74, 6) is 2.34. The third-order valence-electron chi connectivity index (χ3n) is 2.40. The molecule has 0 aliphatic heterocycles. The van der Waals surface area contributed by atoms with Crippen LogP contribution in [0.2, 0.25) is 0 Å². The fourth-order valence-electron chi connectivity index (χ4n) is 1.40. The molecule has 9 heteroatoms. The third kappa shape index (κ3) is 2.32. The maximum absolute atomic E-state index is 5.59. The van der Waals surface area contributed by atoms with Gasteiger partial charge >= 0.3 is 0 Å². The molecule has 2 N–H and O–H groups in total. The maximum Gasteiger partial charge on any atom is 0.238 e. The van der Waals surface area contributed by atoms with Gasteiger partial charge in [0.15, 0.2) is 10.9 Å². The second kappa shape index (κ2) is 4.76. The van der Waals surface area contributed by atoms with Crippen LogP contribution in [0.15, 0.2) is 32.5 Å². The number of hydrogen-bond acceptors (Lipinski definition) is 8. The Morgan fingerprint density at radius 3 is 3.00 bits per heavy atom. The van der Waals surface area contributed by atoms with E-state index in [-0.39, 0.29) is 0 Å². The summed E-state index contributed by atoms with van der Waals surface area (Å²) in [6, 6.07) is 3.54. The minimum absolute atomic E-state index is 0.365. The van der Waals surface area contributed by atoms with Gasteiger partial charge in [0.1, 0.15) is 0 Å². The third-order valence-corrected chi connectivity index (χ3v) is 3.41. The lowest BCUT2D eigenvalue weighted by atomic mass is 10.4. The van der Waals surface area contributed by atoms with E-state index in [1.165, 1.54) is 11.8 Å². The van der Waals surface area contributed by atoms with Crippen LogP contribution in [0.5, 0.6) is 0 Å². The minimum atomic E-state index is 0.365. The van der Waals surface area contributed by atoms with Crippen LogP contribution < -0.4 is 5.73 Å². The summed E-state index contributed by atoms with van der Waals surface area (Å²) in [6.45, 7) is 0. The smallest absolute Gasteiger partial charge is 0.238 e. The lowest BCUT2D eigenvalue weighted by molar-refractivity contribution is 0.390. The molecule has 0 aromatic carbocycles. The van der Waals surface area contributed by atoms with Gasteiger partial charge in [-0.25, -0.2) is 0 Å². The van der Waals surface area contributed by atoms with E-state index in [1.54, 1.807) is 30.0 Å². The molecule has 0 amide bonds. The van der Waals surface area contributed by atoms with Crippen LogP contribution in [0, 0.1) is 0 Å². The van der Waals surface area contributed by atoms with Crippen molar-refractivity contribution in [3.8, 4) is 11.6 Å². The van der Waals surface area contributed by atoms with Crippen molar-refractivity contribution in [2.24, 2.45) is 7.05 Å². The number of nitrogens with zero attached hydrogens (tertiary/aromatic N) is 5. The molecule has 0 aliphatic carbocycles. The van der Waals surface area contributed by atoms with Gasteiger partial charge < -0.3 is 14.7 Å². The number of hydrogen-bond donors (Lipinski definition) is 1. The minimum Gasteiger partial charge on any atom is -0.461 e. The second-order valence-corrected chi connectivity index (χ2v) is 4.62. The molecule has 0 bridgehead atoms. The van der Waals surface area contributed by atoms with Crippen LogP contribution in [0.1, 0.15) is 5.89 Å². The highest BCUT2D eigenvalue weighted by Crippen LogP contribution is 2.22.